The summed E-state index contributed by atoms with van der Waals surface area (Å²) in [5.74, 6) is -4.38. The van der Waals surface area contributed by atoms with E-state index in [9.17, 15) is 39.7 Å². The number of aromatic hydroxyl groups is 2. The number of hydrogen-bond donors (Lipinski definition) is 6. The molecular weight excluding hydrogens is 410 g/mol. The number of hydrogen-bond acceptors (Lipinski definition) is 7. The van der Waals surface area contributed by atoms with E-state index in [1.54, 1.807) is 6.92 Å². The van der Waals surface area contributed by atoms with Crippen LogP contribution in [0.1, 0.15) is 56.3 Å². The summed E-state index contributed by atoms with van der Waals surface area (Å²) >= 11 is 0. The molecule has 0 bridgehead atoms. The van der Waals surface area contributed by atoms with Crippen molar-refractivity contribution in [2.24, 2.45) is 0 Å². The average Bonchev–Trinajstić information content (AvgIpc) is 2.71. The lowest BCUT2D eigenvalue weighted by atomic mass is 10.1. The number of carboxylic acid groups (broad SMARTS) is 1. The maximum atomic E-state index is 12.6. The van der Waals surface area contributed by atoms with Crippen LogP contribution in [0.5, 0.6) is 11.5 Å². The van der Waals surface area contributed by atoms with Gasteiger partial charge in [-0.15, -0.1) is 0 Å². The number of carbonyl (C=O) groups excluding carboxylic acids is 3. The molecule has 0 unspecified atom stereocenters. The van der Waals surface area contributed by atoms with Crippen molar-refractivity contribution in [1.29, 1.82) is 0 Å². The molecule has 11 heteroatoms. The number of carbonyl (C=O) groups is 4. The molecule has 0 saturated heterocycles. The molecule has 0 aliphatic heterocycles. The molecule has 6 N–H and O–H groups in total. The molecule has 0 saturated carbocycles. The van der Waals surface area contributed by atoms with E-state index in [-0.39, 0.29) is 24.9 Å². The second kappa shape index (κ2) is 12.4. The van der Waals surface area contributed by atoms with Crippen molar-refractivity contribution in [3.05, 3.63) is 23.8 Å². The molecule has 3 amide bonds. The molecule has 0 aliphatic rings. The molecule has 2 atom stereocenters. The highest BCUT2D eigenvalue weighted by molar-refractivity contribution is 6.00. The summed E-state index contributed by atoms with van der Waals surface area (Å²) in [5.41, 5.74) is -0.220. The smallest absolute Gasteiger partial charge is 0.326 e. The van der Waals surface area contributed by atoms with Gasteiger partial charge in [-0.1, -0.05) is 19.4 Å². The zero-order chi connectivity index (χ0) is 23.6. The molecule has 0 spiro atoms. The molecule has 11 nitrogen and oxygen atoms in total. The van der Waals surface area contributed by atoms with Crippen molar-refractivity contribution < 1.29 is 39.7 Å². The van der Waals surface area contributed by atoms with Gasteiger partial charge in [-0.2, -0.15) is 0 Å². The molecule has 172 valence electrons. The Hall–Kier alpha value is -3.34. The van der Waals surface area contributed by atoms with Crippen LogP contribution in [0.4, 0.5) is 0 Å². The molecule has 1 aromatic rings. The summed E-state index contributed by atoms with van der Waals surface area (Å²) in [6.07, 6.45) is 1.46. The Bertz CT molecular complexity index is 799. The zero-order valence-corrected chi connectivity index (χ0v) is 17.5. The number of nitrogens with zero attached hydrogens (tertiary/aromatic N) is 1. The summed E-state index contributed by atoms with van der Waals surface area (Å²) in [7, 11) is 0. The number of amides is 3. The Balaban J connectivity index is 2.74. The first kappa shape index (κ1) is 25.7. The number of carboxylic acids is 1. The Morgan fingerprint density at radius 1 is 1.03 bits per heavy atom. The third kappa shape index (κ3) is 8.13. The average molecular weight is 439 g/mol. The Kier molecular flexibility index (Phi) is 10.3. The van der Waals surface area contributed by atoms with Crippen LogP contribution in [-0.4, -0.2) is 67.9 Å². The van der Waals surface area contributed by atoms with E-state index in [2.05, 4.69) is 10.6 Å². The van der Waals surface area contributed by atoms with Crippen LogP contribution in [0, 0.1) is 0 Å². The minimum atomic E-state index is -1.26. The lowest BCUT2D eigenvalue weighted by molar-refractivity contribution is -0.162. The van der Waals surface area contributed by atoms with E-state index in [1.807, 2.05) is 0 Å². The van der Waals surface area contributed by atoms with Crippen LogP contribution in [0.15, 0.2) is 18.2 Å². The maximum absolute atomic E-state index is 12.6. The van der Waals surface area contributed by atoms with Crippen molar-refractivity contribution in [1.82, 2.24) is 15.7 Å². The molecule has 0 radical (unpaired) electrons. The quantitative estimate of drug-likeness (QED) is 0.121. The van der Waals surface area contributed by atoms with Gasteiger partial charge in [0.05, 0.1) is 5.56 Å². The van der Waals surface area contributed by atoms with Crippen molar-refractivity contribution in [2.75, 3.05) is 6.54 Å². The fourth-order valence-corrected chi connectivity index (χ4v) is 2.81. The van der Waals surface area contributed by atoms with Gasteiger partial charge >= 0.3 is 5.97 Å². The third-order valence-electron chi connectivity index (χ3n) is 4.55. The van der Waals surface area contributed by atoms with Gasteiger partial charge in [-0.25, -0.2) is 9.86 Å². The molecular formula is C20H29N3O8. The van der Waals surface area contributed by atoms with Gasteiger partial charge in [0, 0.05) is 13.5 Å². The van der Waals surface area contributed by atoms with Crippen LogP contribution in [0.3, 0.4) is 0 Å². The standard InChI is InChI=1S/C20H29N3O8/c1-3-7-14(21-18(27)13-8-6-10-16(25)17(13)26)19(28)22-15(20(29)30)9-4-5-11-23(31)12(2)24/h6,8,10,14-15,25-26,31H,3-5,7,9,11H2,1-2H3,(H,21,27)(H,22,28)(H,29,30)/t14-,15+/m1/s1. The minimum Gasteiger partial charge on any atom is -0.504 e. The summed E-state index contributed by atoms with van der Waals surface area (Å²) in [4.78, 5) is 47.5. The maximum Gasteiger partial charge on any atom is 0.326 e. The van der Waals surface area contributed by atoms with Gasteiger partial charge in [-0.05, 0) is 37.8 Å². The number of para-hydroxylation sites is 1. The van der Waals surface area contributed by atoms with E-state index in [0.717, 1.165) is 0 Å². The lowest BCUT2D eigenvalue weighted by Gasteiger charge is -2.21. The number of nitrogens with one attached hydrogen (secondary N) is 2. The predicted molar refractivity (Wildman–Crippen MR) is 109 cm³/mol. The van der Waals surface area contributed by atoms with Crippen LogP contribution in [-0.2, 0) is 14.4 Å². The topological polar surface area (TPSA) is 176 Å². The van der Waals surface area contributed by atoms with Crippen LogP contribution in [0.2, 0.25) is 0 Å². The highest BCUT2D eigenvalue weighted by Crippen LogP contribution is 2.28. The number of rotatable bonds is 12. The van der Waals surface area contributed by atoms with Gasteiger partial charge in [0.15, 0.2) is 11.5 Å². The van der Waals surface area contributed by atoms with Crippen molar-refractivity contribution >= 4 is 23.7 Å². The molecule has 0 aliphatic carbocycles. The van der Waals surface area contributed by atoms with Crippen LogP contribution >= 0.6 is 0 Å². The normalized spacial score (nSPS) is 12.5. The minimum absolute atomic E-state index is 0.0392. The Labute approximate surface area is 179 Å². The van der Waals surface area contributed by atoms with Gasteiger partial charge in [0.2, 0.25) is 11.8 Å². The first-order valence-electron chi connectivity index (χ1n) is 9.90. The first-order chi connectivity index (χ1) is 14.6. The summed E-state index contributed by atoms with van der Waals surface area (Å²) < 4.78 is 0. The summed E-state index contributed by atoms with van der Waals surface area (Å²) in [6.45, 7) is 3.01. The van der Waals surface area contributed by atoms with E-state index in [1.165, 1.54) is 25.1 Å². The molecule has 0 fully saturated rings. The Morgan fingerprint density at radius 3 is 2.29 bits per heavy atom. The van der Waals surface area contributed by atoms with Crippen molar-refractivity contribution in [2.45, 2.75) is 58.0 Å². The van der Waals surface area contributed by atoms with Crippen LogP contribution in [0.25, 0.3) is 0 Å². The van der Waals surface area contributed by atoms with Gasteiger partial charge < -0.3 is 26.0 Å². The fraction of sp³-hybridized carbons (Fsp3) is 0.500. The second-order valence-electron chi connectivity index (χ2n) is 7.03. The van der Waals surface area contributed by atoms with Gasteiger partial charge in [-0.3, -0.25) is 19.6 Å². The van der Waals surface area contributed by atoms with E-state index < -0.39 is 47.3 Å². The molecule has 1 rings (SSSR count). The highest BCUT2D eigenvalue weighted by atomic mass is 16.5. The first-order valence-corrected chi connectivity index (χ1v) is 9.90. The highest BCUT2D eigenvalue weighted by Gasteiger charge is 2.27. The van der Waals surface area contributed by atoms with Crippen LogP contribution < -0.4 is 10.6 Å². The van der Waals surface area contributed by atoms with Gasteiger partial charge in [0.25, 0.3) is 5.91 Å². The third-order valence-corrected chi connectivity index (χ3v) is 4.55. The summed E-state index contributed by atoms with van der Waals surface area (Å²) in [6, 6.07) is 1.57. The predicted octanol–water partition coefficient (Wildman–Crippen LogP) is 0.974. The summed E-state index contributed by atoms with van der Waals surface area (Å²) in [5, 5.41) is 43.4. The van der Waals surface area contributed by atoms with E-state index in [4.69, 9.17) is 0 Å². The number of unbranched alkanes of at least 4 members (excludes halogenated alkanes) is 1. The zero-order valence-electron chi connectivity index (χ0n) is 17.5. The monoisotopic (exact) mass is 439 g/mol. The second-order valence-corrected chi connectivity index (χ2v) is 7.03. The van der Waals surface area contributed by atoms with E-state index in [0.29, 0.717) is 24.3 Å². The molecule has 1 aromatic carbocycles. The molecule has 31 heavy (non-hydrogen) atoms. The van der Waals surface area contributed by atoms with Gasteiger partial charge in [0.1, 0.15) is 12.1 Å². The number of aliphatic carboxylic acids is 1. The number of benzene rings is 1. The SMILES string of the molecule is CCC[C@@H](NC(=O)c1cccc(O)c1O)C(=O)N[C@@H](CCCCN(O)C(C)=O)C(=O)O. The number of phenols is 2. The fourth-order valence-electron chi connectivity index (χ4n) is 2.81. The molecule has 0 heterocycles. The van der Waals surface area contributed by atoms with E-state index >= 15 is 0 Å². The Morgan fingerprint density at radius 2 is 1.71 bits per heavy atom. The van der Waals surface area contributed by atoms with Crippen molar-refractivity contribution in [3.8, 4) is 11.5 Å². The molecule has 0 aromatic heterocycles. The van der Waals surface area contributed by atoms with Crippen molar-refractivity contribution in [3.63, 3.8) is 0 Å². The lowest BCUT2D eigenvalue weighted by Crippen LogP contribution is -2.51. The number of phenolic OH excluding ortho intramolecular Hbond substituents is 2. The largest absolute Gasteiger partial charge is 0.504 e. The number of hydroxylamine groups is 2.